The summed E-state index contributed by atoms with van der Waals surface area (Å²) >= 11 is 0. The first-order valence-electron chi connectivity index (χ1n) is 9.93. The van der Waals surface area contributed by atoms with Crippen molar-refractivity contribution in [3.05, 3.63) is 40.7 Å². The van der Waals surface area contributed by atoms with Crippen LogP contribution in [0.2, 0.25) is 0 Å². The van der Waals surface area contributed by atoms with Gasteiger partial charge in [-0.3, -0.25) is 9.89 Å². The Morgan fingerprint density at radius 2 is 1.93 bits per heavy atom. The van der Waals surface area contributed by atoms with Crippen LogP contribution in [0.3, 0.4) is 0 Å². The lowest BCUT2D eigenvalue weighted by Crippen LogP contribution is -2.34. The average Bonchev–Trinajstić information content (AvgIpc) is 2.90. The van der Waals surface area contributed by atoms with Gasteiger partial charge in [-0.1, -0.05) is 26.0 Å². The molecule has 1 amide bonds. The fraction of sp³-hybridized carbons (Fsp3) is 0.409. The molecule has 1 aromatic carbocycles. The molecule has 0 aliphatic carbocycles. The molecule has 3 rings (SSSR count). The first-order chi connectivity index (χ1) is 13.4. The number of nitrogens with two attached hydrogens (primary N) is 1. The molecule has 2 aromatic rings. The zero-order chi connectivity index (χ0) is 20.3. The summed E-state index contributed by atoms with van der Waals surface area (Å²) in [6, 6.07) is 6.08. The highest BCUT2D eigenvalue weighted by molar-refractivity contribution is 6.05. The lowest BCUT2D eigenvalue weighted by molar-refractivity contribution is -0.127. The van der Waals surface area contributed by atoms with Crippen LogP contribution in [-0.4, -0.2) is 39.9 Å². The first kappa shape index (κ1) is 19.9. The van der Waals surface area contributed by atoms with Crippen molar-refractivity contribution >= 4 is 23.5 Å². The van der Waals surface area contributed by atoms with E-state index in [1.807, 2.05) is 37.0 Å². The first-order valence-corrected chi connectivity index (χ1v) is 9.93. The van der Waals surface area contributed by atoms with E-state index in [0.717, 1.165) is 59.7 Å². The van der Waals surface area contributed by atoms with Crippen molar-refractivity contribution < 1.29 is 4.79 Å². The van der Waals surface area contributed by atoms with Crippen molar-refractivity contribution in [1.29, 1.82) is 0 Å². The minimum atomic E-state index is 0.0558. The summed E-state index contributed by atoms with van der Waals surface area (Å²) < 4.78 is 0. The number of H-pyrrole nitrogens is 1. The summed E-state index contributed by atoms with van der Waals surface area (Å²) in [5, 5.41) is 7.30. The average molecular weight is 380 g/mol. The molecule has 0 radical (unpaired) electrons. The number of carbonyl (C=O) groups is 1. The minimum Gasteiger partial charge on any atom is -0.387 e. The maximum Gasteiger partial charge on any atom is 0.250 e. The molecule has 1 aromatic heterocycles. The second-order valence-corrected chi connectivity index (χ2v) is 7.32. The van der Waals surface area contributed by atoms with E-state index in [0.29, 0.717) is 17.8 Å². The number of fused-ring (bicyclic) bond motifs is 1. The molecule has 1 aliphatic rings. The molecule has 6 heteroatoms. The number of aliphatic imine (C=N–C) groups is 1. The Labute approximate surface area is 166 Å². The van der Waals surface area contributed by atoms with E-state index in [4.69, 9.17) is 5.73 Å². The zero-order valence-electron chi connectivity index (χ0n) is 17.2. The van der Waals surface area contributed by atoms with Crippen molar-refractivity contribution in [2.45, 2.75) is 47.0 Å². The van der Waals surface area contributed by atoms with Gasteiger partial charge < -0.3 is 10.6 Å². The van der Waals surface area contributed by atoms with Gasteiger partial charge in [-0.05, 0) is 44.4 Å². The molecule has 0 saturated carbocycles. The standard InChI is InChI=1S/C22H29N5O/c1-5-9-27(10-6-2)22(28)18-11-16-7-8-17(12-19(16)24-20(23)13-18)21-14(3)25-26-15(21)4/h7-8,11-12H,5-6,9-10,13H2,1-4H3,(H2,23,24)(H,25,26). The fourth-order valence-electron chi connectivity index (χ4n) is 3.72. The van der Waals surface area contributed by atoms with E-state index >= 15 is 0 Å². The van der Waals surface area contributed by atoms with Crippen LogP contribution in [0, 0.1) is 13.8 Å². The maximum absolute atomic E-state index is 13.1. The Morgan fingerprint density at radius 3 is 2.54 bits per heavy atom. The van der Waals surface area contributed by atoms with Gasteiger partial charge >= 0.3 is 0 Å². The van der Waals surface area contributed by atoms with Crippen molar-refractivity contribution in [1.82, 2.24) is 15.1 Å². The minimum absolute atomic E-state index is 0.0558. The molecule has 6 nitrogen and oxygen atoms in total. The number of amides is 1. The van der Waals surface area contributed by atoms with E-state index in [1.54, 1.807) is 0 Å². The van der Waals surface area contributed by atoms with Crippen LogP contribution < -0.4 is 5.73 Å². The number of rotatable bonds is 6. The second-order valence-electron chi connectivity index (χ2n) is 7.32. The summed E-state index contributed by atoms with van der Waals surface area (Å²) in [6.07, 6.45) is 4.19. The Balaban J connectivity index is 2.00. The normalized spacial score (nSPS) is 13.4. The molecular formula is C22H29N5O. The Hall–Kier alpha value is -2.89. The van der Waals surface area contributed by atoms with Gasteiger partial charge in [0.15, 0.2) is 0 Å². The third kappa shape index (κ3) is 4.01. The van der Waals surface area contributed by atoms with Gasteiger partial charge in [0.2, 0.25) is 5.91 Å². The number of carbonyl (C=O) groups excluding carboxylic acids is 1. The van der Waals surface area contributed by atoms with Gasteiger partial charge in [-0.25, -0.2) is 4.99 Å². The molecule has 3 N–H and O–H groups in total. The molecule has 28 heavy (non-hydrogen) atoms. The molecule has 0 spiro atoms. The lowest BCUT2D eigenvalue weighted by Gasteiger charge is -2.22. The van der Waals surface area contributed by atoms with Crippen LogP contribution in [0.15, 0.2) is 28.8 Å². The molecular weight excluding hydrogens is 350 g/mol. The van der Waals surface area contributed by atoms with Crippen molar-refractivity contribution in [3.8, 4) is 11.1 Å². The number of nitrogens with zero attached hydrogens (tertiary/aromatic N) is 3. The highest BCUT2D eigenvalue weighted by Gasteiger charge is 2.21. The van der Waals surface area contributed by atoms with Crippen molar-refractivity contribution in [2.75, 3.05) is 13.1 Å². The van der Waals surface area contributed by atoms with Crippen molar-refractivity contribution in [3.63, 3.8) is 0 Å². The number of benzene rings is 1. The van der Waals surface area contributed by atoms with Gasteiger partial charge in [-0.15, -0.1) is 0 Å². The molecule has 0 unspecified atom stereocenters. The number of aromatic nitrogens is 2. The summed E-state index contributed by atoms with van der Waals surface area (Å²) in [4.78, 5) is 19.6. The third-order valence-corrected chi connectivity index (χ3v) is 4.96. The Morgan fingerprint density at radius 1 is 1.21 bits per heavy atom. The number of amidine groups is 1. The van der Waals surface area contributed by atoms with Crippen LogP contribution >= 0.6 is 0 Å². The number of aromatic amines is 1. The molecule has 148 valence electrons. The van der Waals surface area contributed by atoms with Crippen LogP contribution in [0.5, 0.6) is 0 Å². The number of hydrogen-bond donors (Lipinski definition) is 2. The topological polar surface area (TPSA) is 87.4 Å². The number of nitrogens with one attached hydrogen (secondary N) is 1. The van der Waals surface area contributed by atoms with E-state index in [-0.39, 0.29) is 5.91 Å². The molecule has 0 saturated heterocycles. The van der Waals surface area contributed by atoms with Crippen LogP contribution in [0.1, 0.15) is 50.1 Å². The zero-order valence-corrected chi connectivity index (χ0v) is 17.2. The maximum atomic E-state index is 13.1. The van der Waals surface area contributed by atoms with E-state index in [9.17, 15) is 4.79 Å². The summed E-state index contributed by atoms with van der Waals surface area (Å²) in [6.45, 7) is 9.67. The third-order valence-electron chi connectivity index (χ3n) is 4.96. The van der Waals surface area contributed by atoms with E-state index in [2.05, 4.69) is 35.1 Å². The highest BCUT2D eigenvalue weighted by atomic mass is 16.2. The lowest BCUT2D eigenvalue weighted by atomic mass is 9.99. The quantitative estimate of drug-likeness (QED) is 0.791. The van der Waals surface area contributed by atoms with Gasteiger partial charge in [0, 0.05) is 41.9 Å². The van der Waals surface area contributed by atoms with Gasteiger partial charge in [0.25, 0.3) is 0 Å². The second kappa shape index (κ2) is 8.42. The van der Waals surface area contributed by atoms with Crippen molar-refractivity contribution in [2.24, 2.45) is 10.7 Å². The molecule has 0 fully saturated rings. The largest absolute Gasteiger partial charge is 0.387 e. The molecule has 0 atom stereocenters. The van der Waals surface area contributed by atoms with E-state index < -0.39 is 0 Å². The van der Waals surface area contributed by atoms with Gasteiger partial charge in [-0.2, -0.15) is 5.10 Å². The van der Waals surface area contributed by atoms with Crippen LogP contribution in [-0.2, 0) is 4.79 Å². The number of aryl methyl sites for hydroxylation is 2. The van der Waals surface area contributed by atoms with Gasteiger partial charge in [0.05, 0.1) is 11.4 Å². The molecule has 0 bridgehead atoms. The van der Waals surface area contributed by atoms with Crippen LogP contribution in [0.4, 0.5) is 5.69 Å². The monoisotopic (exact) mass is 379 g/mol. The fourth-order valence-corrected chi connectivity index (χ4v) is 3.72. The SMILES string of the molecule is CCCN(CCC)C(=O)C1=Cc2ccc(-c3c(C)n[nH]c3C)cc2N=C(N)C1. The van der Waals surface area contributed by atoms with Crippen LogP contribution in [0.25, 0.3) is 17.2 Å². The highest BCUT2D eigenvalue weighted by Crippen LogP contribution is 2.33. The van der Waals surface area contributed by atoms with E-state index in [1.165, 1.54) is 0 Å². The predicted molar refractivity (Wildman–Crippen MR) is 115 cm³/mol. The molecule has 2 heterocycles. The summed E-state index contributed by atoms with van der Waals surface area (Å²) in [7, 11) is 0. The van der Waals surface area contributed by atoms with Gasteiger partial charge in [0.1, 0.15) is 5.84 Å². The smallest absolute Gasteiger partial charge is 0.250 e. The number of hydrogen-bond acceptors (Lipinski definition) is 4. The predicted octanol–water partition coefficient (Wildman–Crippen LogP) is 4.12. The Kier molecular flexibility index (Phi) is 5.97. The summed E-state index contributed by atoms with van der Waals surface area (Å²) in [5.41, 5.74) is 12.7. The summed E-state index contributed by atoms with van der Waals surface area (Å²) in [5.74, 6) is 0.518. The Bertz CT molecular complexity index is 913. The molecule has 1 aliphatic heterocycles.